The Labute approximate surface area is 105 Å². The molecule has 1 aromatic carbocycles. The van der Waals surface area contributed by atoms with Crippen molar-refractivity contribution in [3.8, 4) is 0 Å². The maximum Gasteiger partial charge on any atom is 0.252 e. The molecule has 0 unspecified atom stereocenters. The van der Waals surface area contributed by atoms with Gasteiger partial charge in [0.1, 0.15) is 0 Å². The fourth-order valence-electron chi connectivity index (χ4n) is 1.45. The summed E-state index contributed by atoms with van der Waals surface area (Å²) in [5.41, 5.74) is 0.765. The first-order valence-electron chi connectivity index (χ1n) is 5.20. The molecule has 0 saturated carbocycles. The van der Waals surface area contributed by atoms with Gasteiger partial charge in [-0.15, -0.1) is 0 Å². The number of carbonyl (C=O) groups is 1. The summed E-state index contributed by atoms with van der Waals surface area (Å²) in [4.78, 5) is 11.8. The fourth-order valence-corrected chi connectivity index (χ4v) is 2.08. The van der Waals surface area contributed by atoms with E-state index in [1.807, 2.05) is 31.2 Å². The molecule has 2 nitrogen and oxygen atoms in total. The van der Waals surface area contributed by atoms with Gasteiger partial charge in [0.2, 0.25) is 0 Å². The van der Waals surface area contributed by atoms with Crippen LogP contribution < -0.4 is 5.32 Å². The first kappa shape index (κ1) is 12.5. The van der Waals surface area contributed by atoms with Crippen LogP contribution in [0.2, 0.25) is 0 Å². The molecule has 0 aliphatic carbocycles. The SMILES string of the molecule is CCC[C@H](C)NC(=O)c1ccccc1I. The molecule has 0 aromatic heterocycles. The Morgan fingerprint density at radius 2 is 2.13 bits per heavy atom. The third-order valence-electron chi connectivity index (χ3n) is 2.22. The van der Waals surface area contributed by atoms with Gasteiger partial charge in [-0.3, -0.25) is 4.79 Å². The van der Waals surface area contributed by atoms with Crippen LogP contribution in [0.15, 0.2) is 24.3 Å². The van der Waals surface area contributed by atoms with Crippen LogP contribution >= 0.6 is 22.6 Å². The van der Waals surface area contributed by atoms with Crippen LogP contribution in [0.5, 0.6) is 0 Å². The summed E-state index contributed by atoms with van der Waals surface area (Å²) in [5.74, 6) is 0.0287. The van der Waals surface area contributed by atoms with Crippen LogP contribution in [0.1, 0.15) is 37.0 Å². The van der Waals surface area contributed by atoms with E-state index in [0.29, 0.717) is 0 Å². The van der Waals surface area contributed by atoms with Crippen molar-refractivity contribution in [2.45, 2.75) is 32.7 Å². The summed E-state index contributed by atoms with van der Waals surface area (Å²) in [6, 6.07) is 7.88. The van der Waals surface area contributed by atoms with Gasteiger partial charge in [-0.1, -0.05) is 25.5 Å². The third kappa shape index (κ3) is 3.81. The van der Waals surface area contributed by atoms with Gasteiger partial charge in [0, 0.05) is 9.61 Å². The average Bonchev–Trinajstić information content (AvgIpc) is 2.18. The normalized spacial score (nSPS) is 12.2. The Balaban J connectivity index is 2.65. The largest absolute Gasteiger partial charge is 0.350 e. The molecule has 0 saturated heterocycles. The Kier molecular flexibility index (Phi) is 5.08. The van der Waals surface area contributed by atoms with Crippen molar-refractivity contribution in [2.75, 3.05) is 0 Å². The lowest BCUT2D eigenvalue weighted by Gasteiger charge is -2.13. The van der Waals surface area contributed by atoms with Gasteiger partial charge in [-0.2, -0.15) is 0 Å². The molecule has 0 aliphatic heterocycles. The predicted molar refractivity (Wildman–Crippen MR) is 71.0 cm³/mol. The van der Waals surface area contributed by atoms with Gasteiger partial charge in [-0.05, 0) is 48.1 Å². The van der Waals surface area contributed by atoms with Crippen LogP contribution in [0.25, 0.3) is 0 Å². The number of rotatable bonds is 4. The molecular formula is C12H16INO. The van der Waals surface area contributed by atoms with E-state index in [0.717, 1.165) is 22.0 Å². The lowest BCUT2D eigenvalue weighted by Crippen LogP contribution is -2.32. The number of halogens is 1. The van der Waals surface area contributed by atoms with Crippen molar-refractivity contribution in [1.29, 1.82) is 0 Å². The smallest absolute Gasteiger partial charge is 0.252 e. The zero-order valence-corrected chi connectivity index (χ0v) is 11.2. The van der Waals surface area contributed by atoms with Gasteiger partial charge in [0.05, 0.1) is 5.56 Å². The minimum atomic E-state index is 0.0287. The fraction of sp³-hybridized carbons (Fsp3) is 0.417. The number of nitrogens with one attached hydrogen (secondary N) is 1. The molecule has 1 atom stereocenters. The van der Waals surface area contributed by atoms with Gasteiger partial charge in [0.15, 0.2) is 0 Å². The van der Waals surface area contributed by atoms with Gasteiger partial charge in [-0.25, -0.2) is 0 Å². The number of amides is 1. The second-order valence-corrected chi connectivity index (χ2v) is 4.81. The quantitative estimate of drug-likeness (QED) is 0.849. The Hall–Kier alpha value is -0.580. The van der Waals surface area contributed by atoms with Gasteiger partial charge in [0.25, 0.3) is 5.91 Å². The highest BCUT2D eigenvalue weighted by molar-refractivity contribution is 14.1. The van der Waals surface area contributed by atoms with Crippen LogP contribution in [0.3, 0.4) is 0 Å². The second-order valence-electron chi connectivity index (χ2n) is 3.64. The molecule has 0 fully saturated rings. The van der Waals surface area contributed by atoms with Crippen molar-refractivity contribution in [3.63, 3.8) is 0 Å². The summed E-state index contributed by atoms with van der Waals surface area (Å²) in [5, 5.41) is 2.99. The first-order chi connectivity index (χ1) is 7.15. The zero-order chi connectivity index (χ0) is 11.3. The zero-order valence-electron chi connectivity index (χ0n) is 9.09. The molecule has 1 rings (SSSR count). The molecule has 82 valence electrons. The van der Waals surface area contributed by atoms with E-state index in [2.05, 4.69) is 34.8 Å². The van der Waals surface area contributed by atoms with Gasteiger partial charge >= 0.3 is 0 Å². The van der Waals surface area contributed by atoms with Crippen molar-refractivity contribution in [2.24, 2.45) is 0 Å². The molecule has 0 spiro atoms. The standard InChI is InChI=1S/C12H16INO/c1-3-6-9(2)14-12(15)10-7-4-5-8-11(10)13/h4-5,7-9H,3,6H2,1-2H3,(H,14,15)/t9-/m0/s1. The maximum absolute atomic E-state index is 11.8. The minimum Gasteiger partial charge on any atom is -0.350 e. The molecule has 1 N–H and O–H groups in total. The van der Waals surface area contributed by atoms with Crippen LogP contribution in [-0.2, 0) is 0 Å². The van der Waals surface area contributed by atoms with E-state index >= 15 is 0 Å². The van der Waals surface area contributed by atoms with Crippen LogP contribution in [0, 0.1) is 3.57 Å². The van der Waals surface area contributed by atoms with E-state index in [4.69, 9.17) is 0 Å². The Morgan fingerprint density at radius 1 is 1.47 bits per heavy atom. The lowest BCUT2D eigenvalue weighted by atomic mass is 10.1. The van der Waals surface area contributed by atoms with Crippen molar-refractivity contribution >= 4 is 28.5 Å². The second kappa shape index (κ2) is 6.10. The number of benzene rings is 1. The summed E-state index contributed by atoms with van der Waals surface area (Å²) >= 11 is 2.18. The average molecular weight is 317 g/mol. The highest BCUT2D eigenvalue weighted by Gasteiger charge is 2.11. The summed E-state index contributed by atoms with van der Waals surface area (Å²) in [6.07, 6.45) is 2.11. The van der Waals surface area contributed by atoms with E-state index in [1.54, 1.807) is 0 Å². The number of hydrogen-bond donors (Lipinski definition) is 1. The summed E-state index contributed by atoms with van der Waals surface area (Å²) in [6.45, 7) is 4.16. The molecule has 0 aliphatic rings. The topological polar surface area (TPSA) is 29.1 Å². The lowest BCUT2D eigenvalue weighted by molar-refractivity contribution is 0.0937. The van der Waals surface area contributed by atoms with Crippen molar-refractivity contribution in [3.05, 3.63) is 33.4 Å². The maximum atomic E-state index is 11.8. The molecule has 0 radical (unpaired) electrons. The molecule has 3 heteroatoms. The molecular weight excluding hydrogens is 301 g/mol. The van der Waals surface area contributed by atoms with Crippen molar-refractivity contribution in [1.82, 2.24) is 5.32 Å². The molecule has 15 heavy (non-hydrogen) atoms. The molecule has 0 bridgehead atoms. The molecule has 1 aromatic rings. The first-order valence-corrected chi connectivity index (χ1v) is 6.28. The third-order valence-corrected chi connectivity index (χ3v) is 3.16. The summed E-state index contributed by atoms with van der Waals surface area (Å²) in [7, 11) is 0. The van der Waals surface area contributed by atoms with Crippen LogP contribution in [0.4, 0.5) is 0 Å². The van der Waals surface area contributed by atoms with E-state index < -0.39 is 0 Å². The van der Waals surface area contributed by atoms with E-state index in [9.17, 15) is 4.79 Å². The Morgan fingerprint density at radius 3 is 2.73 bits per heavy atom. The highest BCUT2D eigenvalue weighted by atomic mass is 127. The molecule has 0 heterocycles. The molecule has 1 amide bonds. The number of hydrogen-bond acceptors (Lipinski definition) is 1. The number of carbonyl (C=O) groups excluding carboxylic acids is 1. The Bertz CT molecular complexity index is 338. The van der Waals surface area contributed by atoms with Gasteiger partial charge < -0.3 is 5.32 Å². The van der Waals surface area contributed by atoms with Crippen LogP contribution in [-0.4, -0.2) is 11.9 Å². The minimum absolute atomic E-state index is 0.0287. The highest BCUT2D eigenvalue weighted by Crippen LogP contribution is 2.11. The predicted octanol–water partition coefficient (Wildman–Crippen LogP) is 3.21. The summed E-state index contributed by atoms with van der Waals surface area (Å²) < 4.78 is 0.997. The van der Waals surface area contributed by atoms with E-state index in [1.165, 1.54) is 0 Å². The monoisotopic (exact) mass is 317 g/mol. The van der Waals surface area contributed by atoms with Crippen molar-refractivity contribution < 1.29 is 4.79 Å². The van der Waals surface area contributed by atoms with E-state index in [-0.39, 0.29) is 11.9 Å².